The Morgan fingerprint density at radius 2 is 1.91 bits per heavy atom. The van der Waals surface area contributed by atoms with Crippen LogP contribution in [0.3, 0.4) is 0 Å². The summed E-state index contributed by atoms with van der Waals surface area (Å²) in [6, 6.07) is 10.0. The minimum absolute atomic E-state index is 0.0312. The van der Waals surface area contributed by atoms with Crippen molar-refractivity contribution in [2.75, 3.05) is 18.5 Å². The van der Waals surface area contributed by atoms with Crippen LogP contribution in [0, 0.1) is 0 Å². The first-order valence-electron chi connectivity index (χ1n) is 10.3. The number of rotatable bonds is 9. The largest absolute Gasteiger partial charge is 0.449 e. The average Bonchev–Trinajstić information content (AvgIpc) is 3.12. The molecule has 0 radical (unpaired) electrons. The van der Waals surface area contributed by atoms with Gasteiger partial charge in [0.2, 0.25) is 11.7 Å². The van der Waals surface area contributed by atoms with Crippen LogP contribution in [-0.2, 0) is 14.3 Å². The monoisotopic (exact) mass is 439 g/mol. The molecule has 1 atom stereocenters. The summed E-state index contributed by atoms with van der Waals surface area (Å²) in [6.07, 6.45) is 1.16. The zero-order valence-corrected chi connectivity index (χ0v) is 17.9. The normalized spacial score (nSPS) is 11.8. The fraction of sp³-hybridized carbons (Fsp3) is 0.304. The summed E-state index contributed by atoms with van der Waals surface area (Å²) in [7, 11) is 0. The average molecular weight is 439 g/mol. The van der Waals surface area contributed by atoms with Gasteiger partial charge >= 0.3 is 6.09 Å². The number of benzene rings is 1. The SMILES string of the molecule is CCOC(=O)n1c(C(=O)c2cccnc2)c(NC(=O)CCC(O)OCC)c2ccccc21. The first kappa shape index (κ1) is 23.1. The van der Waals surface area contributed by atoms with Crippen LogP contribution in [0.2, 0.25) is 0 Å². The molecule has 9 nitrogen and oxygen atoms in total. The molecule has 2 aromatic heterocycles. The van der Waals surface area contributed by atoms with Gasteiger partial charge in [0.1, 0.15) is 5.69 Å². The van der Waals surface area contributed by atoms with Crippen molar-refractivity contribution in [2.24, 2.45) is 0 Å². The molecule has 0 spiro atoms. The van der Waals surface area contributed by atoms with Crippen molar-refractivity contribution >= 4 is 34.4 Å². The summed E-state index contributed by atoms with van der Waals surface area (Å²) in [5, 5.41) is 13.0. The second-order valence-corrected chi connectivity index (χ2v) is 6.84. The number of nitrogens with zero attached hydrogens (tertiary/aromatic N) is 2. The summed E-state index contributed by atoms with van der Waals surface area (Å²) >= 11 is 0. The lowest BCUT2D eigenvalue weighted by Gasteiger charge is -2.12. The van der Waals surface area contributed by atoms with Crippen LogP contribution in [-0.4, -0.2) is 51.9 Å². The molecule has 2 N–H and O–H groups in total. The Labute approximate surface area is 185 Å². The summed E-state index contributed by atoms with van der Waals surface area (Å²) in [6.45, 7) is 3.84. The lowest BCUT2D eigenvalue weighted by atomic mass is 10.1. The number of aromatic nitrogens is 2. The minimum atomic E-state index is -1.07. The molecule has 0 aliphatic heterocycles. The van der Waals surface area contributed by atoms with Gasteiger partial charge in [0, 0.05) is 42.8 Å². The number of fused-ring (bicyclic) bond motifs is 1. The van der Waals surface area contributed by atoms with Crippen LogP contribution in [0.15, 0.2) is 48.8 Å². The van der Waals surface area contributed by atoms with E-state index in [2.05, 4.69) is 10.3 Å². The predicted molar refractivity (Wildman–Crippen MR) is 118 cm³/mol. The quantitative estimate of drug-likeness (QED) is 0.387. The molecule has 0 saturated carbocycles. The number of aliphatic hydroxyl groups is 1. The number of ether oxygens (including phenoxy) is 2. The van der Waals surface area contributed by atoms with Crippen LogP contribution < -0.4 is 5.32 Å². The number of carbonyl (C=O) groups excluding carboxylic acids is 3. The molecule has 1 aromatic carbocycles. The van der Waals surface area contributed by atoms with Crippen LogP contribution in [0.25, 0.3) is 10.9 Å². The van der Waals surface area contributed by atoms with Gasteiger partial charge in [0.05, 0.1) is 17.8 Å². The molecule has 3 rings (SSSR count). The molecule has 32 heavy (non-hydrogen) atoms. The van der Waals surface area contributed by atoms with Gasteiger partial charge in [-0.25, -0.2) is 9.36 Å². The first-order chi connectivity index (χ1) is 15.5. The Balaban J connectivity index is 2.08. The van der Waals surface area contributed by atoms with Gasteiger partial charge in [-0.15, -0.1) is 0 Å². The van der Waals surface area contributed by atoms with E-state index in [0.717, 1.165) is 0 Å². The van der Waals surface area contributed by atoms with Gasteiger partial charge in [0.25, 0.3) is 0 Å². The number of hydrogen-bond donors (Lipinski definition) is 2. The maximum Gasteiger partial charge on any atom is 0.419 e. The Morgan fingerprint density at radius 3 is 2.59 bits per heavy atom. The Kier molecular flexibility index (Phi) is 7.69. The fourth-order valence-electron chi connectivity index (χ4n) is 3.33. The predicted octanol–water partition coefficient (Wildman–Crippen LogP) is 3.35. The standard InChI is InChI=1S/C23H25N3O6/c1-3-31-19(28)12-11-18(27)25-20-16-9-5-6-10-17(16)26(23(30)32-4-2)21(20)22(29)15-8-7-13-24-14-15/h5-10,13-14,19,28H,3-4,11-12H2,1-2H3,(H,25,27). The molecular weight excluding hydrogens is 414 g/mol. The van der Waals surface area contributed by atoms with Crippen molar-refractivity contribution in [1.29, 1.82) is 0 Å². The zero-order valence-electron chi connectivity index (χ0n) is 17.9. The molecule has 0 fully saturated rings. The van der Waals surface area contributed by atoms with E-state index in [1.54, 1.807) is 50.2 Å². The van der Waals surface area contributed by atoms with Gasteiger partial charge < -0.3 is 19.9 Å². The Bertz CT molecular complexity index is 1110. The molecule has 168 valence electrons. The maximum absolute atomic E-state index is 13.4. The molecule has 1 unspecified atom stereocenters. The number of para-hydroxylation sites is 1. The van der Waals surface area contributed by atoms with Crippen LogP contribution in [0.1, 0.15) is 42.7 Å². The van der Waals surface area contributed by atoms with Gasteiger partial charge in [-0.1, -0.05) is 18.2 Å². The van der Waals surface area contributed by atoms with Crippen molar-refractivity contribution in [2.45, 2.75) is 33.0 Å². The number of amides is 1. The summed E-state index contributed by atoms with van der Waals surface area (Å²) in [5.41, 5.74) is 0.834. The van der Waals surface area contributed by atoms with E-state index in [0.29, 0.717) is 17.5 Å². The fourth-order valence-corrected chi connectivity index (χ4v) is 3.33. The van der Waals surface area contributed by atoms with Crippen molar-refractivity contribution < 1.29 is 29.0 Å². The molecule has 0 bridgehead atoms. The summed E-state index contributed by atoms with van der Waals surface area (Å²) < 4.78 is 11.4. The molecule has 1 amide bonds. The molecule has 9 heteroatoms. The maximum atomic E-state index is 13.4. The number of aliphatic hydroxyl groups excluding tert-OH is 1. The molecular formula is C23H25N3O6. The third-order valence-electron chi connectivity index (χ3n) is 4.71. The number of nitrogens with one attached hydrogen (secondary N) is 1. The highest BCUT2D eigenvalue weighted by Gasteiger charge is 2.29. The highest BCUT2D eigenvalue weighted by molar-refractivity contribution is 6.20. The Hall–Kier alpha value is -3.56. The Morgan fingerprint density at radius 1 is 1.12 bits per heavy atom. The lowest BCUT2D eigenvalue weighted by molar-refractivity contribution is -0.123. The van der Waals surface area contributed by atoms with E-state index < -0.39 is 24.1 Å². The van der Waals surface area contributed by atoms with E-state index in [-0.39, 0.29) is 36.4 Å². The van der Waals surface area contributed by atoms with Gasteiger partial charge in [-0.3, -0.25) is 14.6 Å². The summed E-state index contributed by atoms with van der Waals surface area (Å²) in [5.74, 6) is -0.928. The van der Waals surface area contributed by atoms with Gasteiger partial charge in [-0.05, 0) is 32.0 Å². The number of anilines is 1. The van der Waals surface area contributed by atoms with Gasteiger partial charge in [0.15, 0.2) is 6.29 Å². The minimum Gasteiger partial charge on any atom is -0.449 e. The van der Waals surface area contributed by atoms with E-state index in [4.69, 9.17) is 9.47 Å². The molecule has 0 aliphatic rings. The third-order valence-corrected chi connectivity index (χ3v) is 4.71. The van der Waals surface area contributed by atoms with Crippen molar-refractivity contribution in [3.63, 3.8) is 0 Å². The van der Waals surface area contributed by atoms with Crippen LogP contribution >= 0.6 is 0 Å². The van der Waals surface area contributed by atoms with Crippen LogP contribution in [0.4, 0.5) is 10.5 Å². The number of ketones is 1. The number of carbonyl (C=O) groups is 3. The highest BCUT2D eigenvalue weighted by Crippen LogP contribution is 2.33. The zero-order chi connectivity index (χ0) is 23.1. The lowest BCUT2D eigenvalue weighted by Crippen LogP contribution is -2.22. The topological polar surface area (TPSA) is 120 Å². The highest BCUT2D eigenvalue weighted by atomic mass is 16.6. The van der Waals surface area contributed by atoms with E-state index in [1.807, 2.05) is 0 Å². The van der Waals surface area contributed by atoms with E-state index in [1.165, 1.54) is 17.0 Å². The molecule has 0 saturated heterocycles. The molecule has 2 heterocycles. The second kappa shape index (κ2) is 10.7. The van der Waals surface area contributed by atoms with Gasteiger partial charge in [-0.2, -0.15) is 0 Å². The number of pyridine rings is 1. The second-order valence-electron chi connectivity index (χ2n) is 6.84. The summed E-state index contributed by atoms with van der Waals surface area (Å²) in [4.78, 5) is 42.9. The first-order valence-corrected chi connectivity index (χ1v) is 10.3. The number of hydrogen-bond acceptors (Lipinski definition) is 7. The van der Waals surface area contributed by atoms with E-state index >= 15 is 0 Å². The van der Waals surface area contributed by atoms with Crippen molar-refractivity contribution in [3.8, 4) is 0 Å². The molecule has 3 aromatic rings. The van der Waals surface area contributed by atoms with Crippen molar-refractivity contribution in [3.05, 3.63) is 60.0 Å². The van der Waals surface area contributed by atoms with Crippen molar-refractivity contribution in [1.82, 2.24) is 9.55 Å². The van der Waals surface area contributed by atoms with Crippen LogP contribution in [0.5, 0.6) is 0 Å². The smallest absolute Gasteiger partial charge is 0.419 e. The molecule has 0 aliphatic carbocycles. The third kappa shape index (κ3) is 5.01. The van der Waals surface area contributed by atoms with E-state index in [9.17, 15) is 19.5 Å².